The topological polar surface area (TPSA) is 79.7 Å². The van der Waals surface area contributed by atoms with Gasteiger partial charge in [0.2, 0.25) is 10.0 Å². The number of sulfonamides is 1. The minimum atomic E-state index is -3.70. The fraction of sp³-hybridized carbons (Fsp3) is 0.263. The van der Waals surface area contributed by atoms with E-state index in [2.05, 4.69) is 15.9 Å². The molecule has 1 amide bonds. The van der Waals surface area contributed by atoms with Gasteiger partial charge in [-0.05, 0) is 46.3 Å². The fourth-order valence-corrected chi connectivity index (χ4v) is 6.26. The first-order chi connectivity index (χ1) is 13.8. The van der Waals surface area contributed by atoms with Crippen LogP contribution >= 0.6 is 27.3 Å². The largest absolute Gasteiger partial charge is 0.336 e. The molecule has 3 aromatic rings. The smallest absolute Gasteiger partial charge is 0.307 e. The van der Waals surface area contributed by atoms with Gasteiger partial charge in [-0.3, -0.25) is 9.59 Å². The molecule has 0 aliphatic carbocycles. The molecular formula is C19H18BrN3O4S2. The molecule has 152 valence electrons. The Morgan fingerprint density at radius 3 is 2.45 bits per heavy atom. The van der Waals surface area contributed by atoms with Crippen molar-refractivity contribution >= 4 is 53.4 Å². The summed E-state index contributed by atoms with van der Waals surface area (Å²) in [5.74, 6) is -0.120. The first-order valence-corrected chi connectivity index (χ1v) is 12.0. The van der Waals surface area contributed by atoms with Gasteiger partial charge >= 0.3 is 4.87 Å². The van der Waals surface area contributed by atoms with Gasteiger partial charge in [-0.1, -0.05) is 23.5 Å². The highest BCUT2D eigenvalue weighted by atomic mass is 79.9. The van der Waals surface area contributed by atoms with Crippen molar-refractivity contribution in [2.24, 2.45) is 7.05 Å². The molecule has 1 aromatic heterocycles. The molecule has 0 spiro atoms. The monoisotopic (exact) mass is 495 g/mol. The van der Waals surface area contributed by atoms with Gasteiger partial charge in [0, 0.05) is 37.7 Å². The third-order valence-corrected chi connectivity index (χ3v) is 8.61. The number of hydrogen-bond acceptors (Lipinski definition) is 5. The van der Waals surface area contributed by atoms with Crippen LogP contribution < -0.4 is 4.87 Å². The van der Waals surface area contributed by atoms with Crippen LogP contribution in [0.2, 0.25) is 0 Å². The molecule has 0 unspecified atom stereocenters. The van der Waals surface area contributed by atoms with E-state index in [0.717, 1.165) is 15.8 Å². The van der Waals surface area contributed by atoms with E-state index in [1.54, 1.807) is 36.2 Å². The summed E-state index contributed by atoms with van der Waals surface area (Å²) >= 11 is 4.41. The number of rotatable bonds is 3. The maximum absolute atomic E-state index is 13.1. The zero-order chi connectivity index (χ0) is 20.8. The van der Waals surface area contributed by atoms with E-state index in [1.807, 2.05) is 12.1 Å². The van der Waals surface area contributed by atoms with E-state index in [0.29, 0.717) is 28.9 Å². The molecule has 1 aliphatic heterocycles. The molecule has 0 bridgehead atoms. The Bertz CT molecular complexity index is 1260. The summed E-state index contributed by atoms with van der Waals surface area (Å²) in [5.41, 5.74) is 1.27. The first kappa shape index (κ1) is 20.3. The van der Waals surface area contributed by atoms with Crippen LogP contribution in [-0.4, -0.2) is 54.3 Å². The SMILES string of the molecule is Cn1c(=O)sc2cc(S(=O)(=O)N3CCN(C(=O)c4ccccc4Br)CC3)ccc21. The average Bonchev–Trinajstić information content (AvgIpc) is 3.01. The van der Waals surface area contributed by atoms with Crippen LogP contribution in [0, 0.1) is 0 Å². The molecule has 0 atom stereocenters. The van der Waals surface area contributed by atoms with E-state index in [4.69, 9.17) is 0 Å². The van der Waals surface area contributed by atoms with Crippen LogP contribution in [-0.2, 0) is 17.1 Å². The molecular weight excluding hydrogens is 478 g/mol. The molecule has 1 aliphatic rings. The van der Waals surface area contributed by atoms with Crippen molar-refractivity contribution in [3.05, 3.63) is 62.2 Å². The molecule has 1 fully saturated rings. The van der Waals surface area contributed by atoms with Gasteiger partial charge in [0.05, 0.1) is 20.7 Å². The number of amides is 1. The fourth-order valence-electron chi connectivity index (χ4n) is 3.36. The summed E-state index contributed by atoms with van der Waals surface area (Å²) in [4.78, 5) is 26.2. The van der Waals surface area contributed by atoms with E-state index in [9.17, 15) is 18.0 Å². The number of carbonyl (C=O) groups excluding carboxylic acids is 1. The van der Waals surface area contributed by atoms with Crippen molar-refractivity contribution < 1.29 is 13.2 Å². The summed E-state index contributed by atoms with van der Waals surface area (Å²) in [6, 6.07) is 11.9. The highest BCUT2D eigenvalue weighted by Crippen LogP contribution is 2.25. The standard InChI is InChI=1S/C19H18BrN3O4S2/c1-21-16-7-6-13(12-17(16)28-19(21)25)29(26,27)23-10-8-22(9-11-23)18(24)14-4-2-3-5-15(14)20/h2-7,12H,8-11H2,1H3. The zero-order valence-electron chi connectivity index (χ0n) is 15.5. The van der Waals surface area contributed by atoms with E-state index in [-0.39, 0.29) is 28.8 Å². The number of fused-ring (bicyclic) bond motifs is 1. The molecule has 10 heteroatoms. The van der Waals surface area contributed by atoms with Crippen LogP contribution in [0.25, 0.3) is 10.2 Å². The molecule has 0 N–H and O–H groups in total. The molecule has 2 heterocycles. The van der Waals surface area contributed by atoms with Crippen molar-refractivity contribution in [2.45, 2.75) is 4.90 Å². The summed E-state index contributed by atoms with van der Waals surface area (Å²) in [6.45, 7) is 1.09. The number of thiazole rings is 1. The summed E-state index contributed by atoms with van der Waals surface area (Å²) in [6.07, 6.45) is 0. The van der Waals surface area contributed by atoms with E-state index < -0.39 is 10.0 Å². The Hall–Kier alpha value is -2.01. The zero-order valence-corrected chi connectivity index (χ0v) is 18.8. The highest BCUT2D eigenvalue weighted by Gasteiger charge is 2.31. The summed E-state index contributed by atoms with van der Waals surface area (Å²) in [5, 5.41) is 0. The lowest BCUT2D eigenvalue weighted by molar-refractivity contribution is 0.0697. The second-order valence-corrected chi connectivity index (χ2v) is 10.5. The highest BCUT2D eigenvalue weighted by molar-refractivity contribution is 9.10. The number of carbonyl (C=O) groups is 1. The Labute approximate surface area is 180 Å². The van der Waals surface area contributed by atoms with Gasteiger partial charge in [0.25, 0.3) is 5.91 Å². The number of benzene rings is 2. The Kier molecular flexibility index (Phi) is 5.36. The van der Waals surface area contributed by atoms with Gasteiger partial charge in [0.1, 0.15) is 0 Å². The van der Waals surface area contributed by atoms with Crippen molar-refractivity contribution in [1.29, 1.82) is 0 Å². The Morgan fingerprint density at radius 2 is 1.76 bits per heavy atom. The van der Waals surface area contributed by atoms with E-state index in [1.165, 1.54) is 14.9 Å². The van der Waals surface area contributed by atoms with Crippen LogP contribution in [0.3, 0.4) is 0 Å². The summed E-state index contributed by atoms with van der Waals surface area (Å²) in [7, 11) is -2.03. The average molecular weight is 496 g/mol. The minimum Gasteiger partial charge on any atom is -0.336 e. The normalized spacial score (nSPS) is 15.7. The lowest BCUT2D eigenvalue weighted by Gasteiger charge is -2.34. The van der Waals surface area contributed by atoms with Crippen LogP contribution in [0.15, 0.2) is 56.6 Å². The van der Waals surface area contributed by atoms with Gasteiger partial charge < -0.3 is 9.47 Å². The van der Waals surface area contributed by atoms with Gasteiger partial charge in [-0.15, -0.1) is 0 Å². The molecule has 1 saturated heterocycles. The Balaban J connectivity index is 1.52. The summed E-state index contributed by atoms with van der Waals surface area (Å²) < 4.78 is 30.4. The number of halogens is 1. The third-order valence-electron chi connectivity index (χ3n) is 5.03. The minimum absolute atomic E-state index is 0.120. The molecule has 2 aromatic carbocycles. The first-order valence-electron chi connectivity index (χ1n) is 8.92. The van der Waals surface area contributed by atoms with Gasteiger partial charge in [0.15, 0.2) is 0 Å². The number of piperazine rings is 1. The molecule has 4 rings (SSSR count). The van der Waals surface area contributed by atoms with Gasteiger partial charge in [-0.2, -0.15) is 4.31 Å². The third kappa shape index (κ3) is 3.65. The number of hydrogen-bond donors (Lipinski definition) is 0. The van der Waals surface area contributed by atoms with E-state index >= 15 is 0 Å². The second-order valence-electron chi connectivity index (χ2n) is 6.73. The van der Waals surface area contributed by atoms with Crippen LogP contribution in [0.5, 0.6) is 0 Å². The molecule has 29 heavy (non-hydrogen) atoms. The predicted octanol–water partition coefficient (Wildman–Crippen LogP) is 2.51. The second kappa shape index (κ2) is 7.67. The lowest BCUT2D eigenvalue weighted by Crippen LogP contribution is -2.50. The van der Waals surface area contributed by atoms with Gasteiger partial charge in [-0.25, -0.2) is 8.42 Å². The molecule has 7 nitrogen and oxygen atoms in total. The van der Waals surface area contributed by atoms with Crippen molar-refractivity contribution in [3.8, 4) is 0 Å². The van der Waals surface area contributed by atoms with Crippen molar-refractivity contribution in [2.75, 3.05) is 26.2 Å². The quantitative estimate of drug-likeness (QED) is 0.559. The number of nitrogens with zero attached hydrogens (tertiary/aromatic N) is 3. The predicted molar refractivity (Wildman–Crippen MR) is 116 cm³/mol. The number of aryl methyl sites for hydroxylation is 1. The molecule has 0 radical (unpaired) electrons. The lowest BCUT2D eigenvalue weighted by atomic mass is 10.2. The van der Waals surface area contributed by atoms with Crippen LogP contribution in [0.1, 0.15) is 10.4 Å². The van der Waals surface area contributed by atoms with Crippen molar-refractivity contribution in [3.63, 3.8) is 0 Å². The maximum Gasteiger partial charge on any atom is 0.307 e. The maximum atomic E-state index is 13.1. The molecule has 0 saturated carbocycles. The Morgan fingerprint density at radius 1 is 1.07 bits per heavy atom. The van der Waals surface area contributed by atoms with Crippen LogP contribution in [0.4, 0.5) is 0 Å². The van der Waals surface area contributed by atoms with Crippen molar-refractivity contribution in [1.82, 2.24) is 13.8 Å². The number of aromatic nitrogens is 1.